The summed E-state index contributed by atoms with van der Waals surface area (Å²) in [7, 11) is 0. The molecule has 2 N–H and O–H groups in total. The molecular formula is C21H17F3N2O3. The first-order valence-electron chi connectivity index (χ1n) is 8.60. The molecule has 0 fully saturated rings. The number of carbonyl (C=O) groups is 2. The van der Waals surface area contributed by atoms with E-state index in [1.165, 1.54) is 54.0 Å². The maximum atomic E-state index is 13.4. The van der Waals surface area contributed by atoms with Crippen molar-refractivity contribution in [1.82, 2.24) is 4.57 Å². The van der Waals surface area contributed by atoms with Crippen molar-refractivity contribution in [2.45, 2.75) is 20.0 Å². The maximum Gasteiger partial charge on any atom is 0.418 e. The molecule has 0 aliphatic heterocycles. The van der Waals surface area contributed by atoms with Gasteiger partial charge >= 0.3 is 12.1 Å². The quantitative estimate of drug-likeness (QED) is 0.641. The zero-order chi connectivity index (χ0) is 21.3. The number of carbonyl (C=O) groups excluding carboxylic acids is 1. The van der Waals surface area contributed by atoms with Crippen molar-refractivity contribution >= 4 is 17.6 Å². The number of hydrogen-bond acceptors (Lipinski definition) is 2. The lowest BCUT2D eigenvalue weighted by atomic mass is 10.1. The lowest BCUT2D eigenvalue weighted by Crippen LogP contribution is -2.16. The van der Waals surface area contributed by atoms with E-state index in [0.29, 0.717) is 11.4 Å². The smallest absolute Gasteiger partial charge is 0.418 e. The number of carboxylic acid groups (broad SMARTS) is 1. The molecule has 3 aromatic rings. The average molecular weight is 402 g/mol. The number of benzene rings is 2. The minimum Gasteiger partial charge on any atom is -0.478 e. The zero-order valence-corrected chi connectivity index (χ0v) is 15.5. The Morgan fingerprint density at radius 3 is 2.24 bits per heavy atom. The van der Waals surface area contributed by atoms with Crippen LogP contribution in [0.3, 0.4) is 0 Å². The Kier molecular flexibility index (Phi) is 5.19. The standard InChI is InChI=1S/C21H17F3N2O3/c1-12-11-15(19(27)25-17-9-5-3-7-14(17)20(28)29)13(2)26(12)18-10-6-4-8-16(18)21(22,23)24/h3-11H,1-2H3,(H,25,27)(H,28,29). The second kappa shape index (κ2) is 7.46. The number of para-hydroxylation sites is 2. The van der Waals surface area contributed by atoms with Crippen LogP contribution in [0.1, 0.15) is 37.7 Å². The normalized spacial score (nSPS) is 11.3. The van der Waals surface area contributed by atoms with E-state index in [4.69, 9.17) is 0 Å². The first-order chi connectivity index (χ1) is 13.6. The van der Waals surface area contributed by atoms with Crippen LogP contribution in [-0.2, 0) is 6.18 Å². The molecule has 3 rings (SSSR count). The van der Waals surface area contributed by atoms with E-state index in [0.717, 1.165) is 6.07 Å². The zero-order valence-electron chi connectivity index (χ0n) is 15.5. The van der Waals surface area contributed by atoms with Crippen molar-refractivity contribution < 1.29 is 27.9 Å². The molecule has 0 aliphatic rings. The predicted molar refractivity (Wildman–Crippen MR) is 102 cm³/mol. The minimum atomic E-state index is -4.55. The Balaban J connectivity index is 2.04. The van der Waals surface area contributed by atoms with Gasteiger partial charge in [0.05, 0.1) is 28.1 Å². The number of anilines is 1. The molecular weight excluding hydrogens is 385 g/mol. The summed E-state index contributed by atoms with van der Waals surface area (Å²) in [5.74, 6) is -1.81. The molecule has 0 saturated carbocycles. The van der Waals surface area contributed by atoms with E-state index in [9.17, 15) is 27.9 Å². The van der Waals surface area contributed by atoms with Crippen molar-refractivity contribution in [3.63, 3.8) is 0 Å². The number of hydrogen-bond donors (Lipinski definition) is 2. The van der Waals surface area contributed by atoms with Crippen molar-refractivity contribution in [3.8, 4) is 5.69 Å². The van der Waals surface area contributed by atoms with Crippen LogP contribution in [0, 0.1) is 13.8 Å². The van der Waals surface area contributed by atoms with E-state index < -0.39 is 23.6 Å². The van der Waals surface area contributed by atoms with Gasteiger partial charge in [-0.2, -0.15) is 13.2 Å². The van der Waals surface area contributed by atoms with Crippen molar-refractivity contribution in [1.29, 1.82) is 0 Å². The Bertz CT molecular complexity index is 1100. The fraction of sp³-hybridized carbons (Fsp3) is 0.143. The summed E-state index contributed by atoms with van der Waals surface area (Å²) < 4.78 is 41.6. The van der Waals surface area contributed by atoms with Crippen molar-refractivity contribution in [3.05, 3.63) is 82.7 Å². The van der Waals surface area contributed by atoms with Crippen LogP contribution >= 0.6 is 0 Å². The van der Waals surface area contributed by atoms with Gasteiger partial charge in [-0.25, -0.2) is 4.79 Å². The van der Waals surface area contributed by atoms with Crippen LogP contribution in [-0.4, -0.2) is 21.6 Å². The molecule has 0 spiro atoms. The van der Waals surface area contributed by atoms with Gasteiger partial charge in [0.15, 0.2) is 0 Å². The topological polar surface area (TPSA) is 71.3 Å². The number of aryl methyl sites for hydroxylation is 1. The monoisotopic (exact) mass is 402 g/mol. The van der Waals surface area contributed by atoms with Crippen LogP contribution in [0.15, 0.2) is 54.6 Å². The second-order valence-corrected chi connectivity index (χ2v) is 6.44. The fourth-order valence-corrected chi connectivity index (χ4v) is 3.24. The Hall–Kier alpha value is -3.55. The number of alkyl halides is 3. The Morgan fingerprint density at radius 2 is 1.59 bits per heavy atom. The lowest BCUT2D eigenvalue weighted by Gasteiger charge is -2.17. The molecule has 1 amide bonds. The number of nitrogens with one attached hydrogen (secondary N) is 1. The highest BCUT2D eigenvalue weighted by atomic mass is 19.4. The number of rotatable bonds is 4. The van der Waals surface area contributed by atoms with Gasteiger partial charge in [0.1, 0.15) is 0 Å². The summed E-state index contributed by atoms with van der Waals surface area (Å²) >= 11 is 0. The highest BCUT2D eigenvalue weighted by molar-refractivity contribution is 6.08. The highest BCUT2D eigenvalue weighted by Crippen LogP contribution is 2.35. The van der Waals surface area contributed by atoms with Crippen LogP contribution in [0.5, 0.6) is 0 Å². The highest BCUT2D eigenvalue weighted by Gasteiger charge is 2.34. The van der Waals surface area contributed by atoms with Gasteiger partial charge in [0.25, 0.3) is 5.91 Å². The summed E-state index contributed by atoms with van der Waals surface area (Å²) in [6.45, 7) is 3.14. The van der Waals surface area contributed by atoms with Gasteiger partial charge < -0.3 is 15.0 Å². The molecule has 29 heavy (non-hydrogen) atoms. The third-order valence-corrected chi connectivity index (χ3v) is 4.53. The number of nitrogens with zero attached hydrogens (tertiary/aromatic N) is 1. The van der Waals surface area contributed by atoms with E-state index >= 15 is 0 Å². The SMILES string of the molecule is Cc1cc(C(=O)Nc2ccccc2C(=O)O)c(C)n1-c1ccccc1C(F)(F)F. The largest absolute Gasteiger partial charge is 0.478 e. The number of amides is 1. The molecule has 150 valence electrons. The fourth-order valence-electron chi connectivity index (χ4n) is 3.24. The van der Waals surface area contributed by atoms with E-state index in [-0.39, 0.29) is 22.5 Å². The molecule has 0 atom stereocenters. The third-order valence-electron chi connectivity index (χ3n) is 4.53. The minimum absolute atomic E-state index is 0.0833. The molecule has 0 unspecified atom stereocenters. The number of carboxylic acids is 1. The first-order valence-corrected chi connectivity index (χ1v) is 8.60. The van der Waals surface area contributed by atoms with Gasteiger partial charge in [0, 0.05) is 11.4 Å². The third kappa shape index (κ3) is 3.87. The first kappa shape index (κ1) is 20.2. The average Bonchev–Trinajstić information content (AvgIpc) is 2.95. The maximum absolute atomic E-state index is 13.4. The Labute approximate surface area is 164 Å². The van der Waals surface area contributed by atoms with Crippen LogP contribution in [0.2, 0.25) is 0 Å². The van der Waals surface area contributed by atoms with Crippen molar-refractivity contribution in [2.75, 3.05) is 5.32 Å². The van der Waals surface area contributed by atoms with Gasteiger partial charge in [-0.15, -0.1) is 0 Å². The molecule has 0 aliphatic carbocycles. The molecule has 5 nitrogen and oxygen atoms in total. The summed E-state index contributed by atoms with van der Waals surface area (Å²) in [6, 6.07) is 12.5. The van der Waals surface area contributed by atoms with Gasteiger partial charge in [-0.1, -0.05) is 24.3 Å². The number of halogens is 3. The second-order valence-electron chi connectivity index (χ2n) is 6.44. The van der Waals surface area contributed by atoms with Gasteiger partial charge in [0.2, 0.25) is 0 Å². The molecule has 0 bridgehead atoms. The molecule has 1 aromatic heterocycles. The summed E-state index contributed by atoms with van der Waals surface area (Å²) in [6.07, 6.45) is -4.55. The molecule has 1 heterocycles. The van der Waals surface area contributed by atoms with Gasteiger partial charge in [-0.05, 0) is 44.2 Å². The van der Waals surface area contributed by atoms with E-state index in [2.05, 4.69) is 5.32 Å². The molecule has 2 aromatic carbocycles. The van der Waals surface area contributed by atoms with Crippen molar-refractivity contribution in [2.24, 2.45) is 0 Å². The molecule has 0 saturated heterocycles. The number of aromatic carboxylic acids is 1. The van der Waals surface area contributed by atoms with Crippen LogP contribution < -0.4 is 5.32 Å². The van der Waals surface area contributed by atoms with Gasteiger partial charge in [-0.3, -0.25) is 4.79 Å². The lowest BCUT2D eigenvalue weighted by molar-refractivity contribution is -0.137. The summed E-state index contributed by atoms with van der Waals surface area (Å²) in [4.78, 5) is 24.1. The Morgan fingerprint density at radius 1 is 0.966 bits per heavy atom. The van der Waals surface area contributed by atoms with Crippen LogP contribution in [0.4, 0.5) is 18.9 Å². The summed E-state index contributed by atoms with van der Waals surface area (Å²) in [5.41, 5.74) is 0.0209. The van der Waals surface area contributed by atoms with E-state index in [1.807, 2.05) is 0 Å². The molecule has 0 radical (unpaired) electrons. The molecule has 8 heteroatoms. The number of aromatic nitrogens is 1. The predicted octanol–water partition coefficient (Wildman–Crippen LogP) is 5.06. The van der Waals surface area contributed by atoms with E-state index in [1.54, 1.807) is 13.0 Å². The summed E-state index contributed by atoms with van der Waals surface area (Å²) in [5, 5.41) is 11.8. The van der Waals surface area contributed by atoms with Crippen LogP contribution in [0.25, 0.3) is 5.69 Å².